The first-order chi connectivity index (χ1) is 14.2. The van der Waals surface area contributed by atoms with Gasteiger partial charge in [-0.2, -0.15) is 0 Å². The number of carbonyl (C=O) groups excluding carboxylic acids is 2. The quantitative estimate of drug-likeness (QED) is 0.689. The second-order valence-electron chi connectivity index (χ2n) is 8.30. The van der Waals surface area contributed by atoms with Crippen LogP contribution in [0.4, 0.5) is 0 Å². The predicted molar refractivity (Wildman–Crippen MR) is 116 cm³/mol. The minimum atomic E-state index is -0.733. The Kier molecular flexibility index (Phi) is 6.06. The molecule has 1 aliphatic rings. The number of benzene rings is 2. The Morgan fingerprint density at radius 3 is 2.30 bits per heavy atom. The maximum absolute atomic E-state index is 12.6. The summed E-state index contributed by atoms with van der Waals surface area (Å²) in [7, 11) is 6.58. The summed E-state index contributed by atoms with van der Waals surface area (Å²) in [5, 5.41) is 0. The fourth-order valence-corrected chi connectivity index (χ4v) is 3.92. The third-order valence-electron chi connectivity index (χ3n) is 5.43. The maximum Gasteiger partial charge on any atom is 0.231 e. The van der Waals surface area contributed by atoms with Crippen molar-refractivity contribution in [1.82, 2.24) is 4.90 Å². The van der Waals surface area contributed by atoms with E-state index in [0.29, 0.717) is 30.1 Å². The smallest absolute Gasteiger partial charge is 0.231 e. The first-order valence-electron chi connectivity index (χ1n) is 9.96. The molecule has 0 bridgehead atoms. The highest BCUT2D eigenvalue weighted by molar-refractivity contribution is 6.02. The van der Waals surface area contributed by atoms with E-state index in [-0.39, 0.29) is 18.3 Å². The molecule has 160 valence electrons. The highest BCUT2D eigenvalue weighted by Crippen LogP contribution is 2.47. The van der Waals surface area contributed by atoms with Gasteiger partial charge in [0, 0.05) is 31.6 Å². The van der Waals surface area contributed by atoms with Crippen LogP contribution in [0.25, 0.3) is 11.1 Å². The SMILES string of the molecule is COc1ccc(-c2cccc3c2CCC3=O)c(OCC(C)(C)C(=O)N(C)C)c1OC. The number of ether oxygens (including phenoxy) is 3. The lowest BCUT2D eigenvalue weighted by Crippen LogP contribution is -2.40. The minimum absolute atomic E-state index is 0.0305. The van der Waals surface area contributed by atoms with E-state index in [1.807, 2.05) is 44.2 Å². The molecule has 0 fully saturated rings. The lowest BCUT2D eigenvalue weighted by atomic mass is 9.92. The average Bonchev–Trinajstić information content (AvgIpc) is 3.11. The third kappa shape index (κ3) is 3.86. The van der Waals surface area contributed by atoms with Crippen LogP contribution < -0.4 is 14.2 Å². The number of ketones is 1. The van der Waals surface area contributed by atoms with E-state index in [1.165, 1.54) is 0 Å². The number of methoxy groups -OCH3 is 2. The lowest BCUT2D eigenvalue weighted by molar-refractivity contribution is -0.139. The Bertz CT molecular complexity index is 978. The average molecular weight is 411 g/mol. The van der Waals surface area contributed by atoms with E-state index in [2.05, 4.69) is 0 Å². The van der Waals surface area contributed by atoms with Crippen molar-refractivity contribution in [2.24, 2.45) is 5.41 Å². The molecule has 6 heteroatoms. The molecule has 2 aromatic carbocycles. The number of rotatable bonds is 7. The van der Waals surface area contributed by atoms with Crippen LogP contribution >= 0.6 is 0 Å². The molecule has 0 aliphatic heterocycles. The van der Waals surface area contributed by atoms with E-state index in [1.54, 1.807) is 33.2 Å². The minimum Gasteiger partial charge on any atom is -0.493 e. The summed E-state index contributed by atoms with van der Waals surface area (Å²) < 4.78 is 17.3. The molecule has 2 aromatic rings. The number of nitrogens with zero attached hydrogens (tertiary/aromatic N) is 1. The monoisotopic (exact) mass is 411 g/mol. The van der Waals surface area contributed by atoms with Crippen LogP contribution in [-0.2, 0) is 11.2 Å². The van der Waals surface area contributed by atoms with E-state index in [0.717, 1.165) is 22.3 Å². The molecule has 0 saturated heterocycles. The summed E-state index contributed by atoms with van der Waals surface area (Å²) in [6, 6.07) is 9.48. The molecule has 0 N–H and O–H groups in total. The topological polar surface area (TPSA) is 65.1 Å². The van der Waals surface area contributed by atoms with Gasteiger partial charge in [0.1, 0.15) is 6.61 Å². The van der Waals surface area contributed by atoms with Crippen LogP contribution in [0.2, 0.25) is 0 Å². The van der Waals surface area contributed by atoms with Gasteiger partial charge in [0.2, 0.25) is 11.7 Å². The van der Waals surface area contributed by atoms with Gasteiger partial charge in [0.05, 0.1) is 19.6 Å². The van der Waals surface area contributed by atoms with Gasteiger partial charge < -0.3 is 19.1 Å². The second-order valence-corrected chi connectivity index (χ2v) is 8.30. The first-order valence-corrected chi connectivity index (χ1v) is 9.96. The Balaban J connectivity index is 2.10. The van der Waals surface area contributed by atoms with Gasteiger partial charge in [-0.3, -0.25) is 9.59 Å². The number of Topliss-reactive ketones (excluding diaryl/α,β-unsaturated/α-hetero) is 1. The highest BCUT2D eigenvalue weighted by Gasteiger charge is 2.32. The molecular formula is C24H29NO5. The Labute approximate surface area is 177 Å². The van der Waals surface area contributed by atoms with Crippen LogP contribution in [0.5, 0.6) is 17.2 Å². The normalized spacial score (nSPS) is 13.1. The zero-order valence-electron chi connectivity index (χ0n) is 18.5. The molecule has 0 saturated carbocycles. The molecule has 0 radical (unpaired) electrons. The van der Waals surface area contributed by atoms with Crippen molar-refractivity contribution in [3.05, 3.63) is 41.5 Å². The summed E-state index contributed by atoms with van der Waals surface area (Å²) in [5.74, 6) is 1.63. The molecule has 30 heavy (non-hydrogen) atoms. The summed E-state index contributed by atoms with van der Waals surface area (Å²) in [6.45, 7) is 3.86. The number of hydrogen-bond acceptors (Lipinski definition) is 5. The van der Waals surface area contributed by atoms with E-state index in [4.69, 9.17) is 14.2 Å². The molecule has 3 rings (SSSR count). The zero-order valence-corrected chi connectivity index (χ0v) is 18.5. The molecule has 0 spiro atoms. The van der Waals surface area contributed by atoms with Gasteiger partial charge in [0.15, 0.2) is 17.3 Å². The summed E-state index contributed by atoms with van der Waals surface area (Å²) in [4.78, 5) is 26.4. The van der Waals surface area contributed by atoms with Crippen molar-refractivity contribution in [2.75, 3.05) is 34.9 Å². The zero-order chi connectivity index (χ0) is 22.1. The van der Waals surface area contributed by atoms with E-state index in [9.17, 15) is 9.59 Å². The van der Waals surface area contributed by atoms with Crippen LogP contribution in [-0.4, -0.2) is 51.5 Å². The Morgan fingerprint density at radius 2 is 1.67 bits per heavy atom. The van der Waals surface area contributed by atoms with Crippen molar-refractivity contribution in [2.45, 2.75) is 26.7 Å². The third-order valence-corrected chi connectivity index (χ3v) is 5.43. The van der Waals surface area contributed by atoms with Crippen LogP contribution in [0, 0.1) is 5.41 Å². The number of fused-ring (bicyclic) bond motifs is 1. The van der Waals surface area contributed by atoms with Gasteiger partial charge in [-0.05, 0) is 43.5 Å². The molecule has 1 aliphatic carbocycles. The van der Waals surface area contributed by atoms with Crippen LogP contribution in [0.3, 0.4) is 0 Å². The van der Waals surface area contributed by atoms with Crippen molar-refractivity contribution >= 4 is 11.7 Å². The van der Waals surface area contributed by atoms with Gasteiger partial charge >= 0.3 is 0 Å². The number of hydrogen-bond donors (Lipinski definition) is 0. The van der Waals surface area contributed by atoms with Gasteiger partial charge in [-0.25, -0.2) is 0 Å². The largest absolute Gasteiger partial charge is 0.493 e. The molecular weight excluding hydrogens is 382 g/mol. The van der Waals surface area contributed by atoms with Gasteiger partial charge in [0.25, 0.3) is 0 Å². The van der Waals surface area contributed by atoms with Gasteiger partial charge in [-0.1, -0.05) is 18.2 Å². The fourth-order valence-electron chi connectivity index (χ4n) is 3.92. The lowest BCUT2D eigenvalue weighted by Gasteiger charge is -2.28. The summed E-state index contributed by atoms with van der Waals surface area (Å²) >= 11 is 0. The fraction of sp³-hybridized carbons (Fsp3) is 0.417. The second kappa shape index (κ2) is 8.38. The summed E-state index contributed by atoms with van der Waals surface area (Å²) in [6.07, 6.45) is 1.21. The van der Waals surface area contributed by atoms with Crippen molar-refractivity contribution in [1.29, 1.82) is 0 Å². The molecule has 6 nitrogen and oxygen atoms in total. The molecule has 0 aromatic heterocycles. The Hall–Kier alpha value is -3.02. The molecule has 0 unspecified atom stereocenters. The highest BCUT2D eigenvalue weighted by atomic mass is 16.5. The number of amides is 1. The summed E-state index contributed by atoms with van der Waals surface area (Å²) in [5.41, 5.74) is 2.79. The van der Waals surface area contributed by atoms with E-state index >= 15 is 0 Å². The molecule has 1 amide bonds. The maximum atomic E-state index is 12.6. The molecule has 0 heterocycles. The predicted octanol–water partition coefficient (Wildman–Crippen LogP) is 3.99. The van der Waals surface area contributed by atoms with Crippen molar-refractivity contribution < 1.29 is 23.8 Å². The Morgan fingerprint density at radius 1 is 0.967 bits per heavy atom. The van der Waals surface area contributed by atoms with Crippen LogP contribution in [0.1, 0.15) is 36.2 Å². The van der Waals surface area contributed by atoms with Gasteiger partial charge in [-0.15, -0.1) is 0 Å². The standard InChI is InChI=1S/C24H29NO5/c1-24(2,23(27)25(3)4)14-30-21-18(11-13-20(28-5)22(21)29-6)15-8-7-9-17-16(15)10-12-19(17)26/h7-9,11,13H,10,12,14H2,1-6H3. The number of carbonyl (C=O) groups is 2. The van der Waals surface area contributed by atoms with E-state index < -0.39 is 5.41 Å². The van der Waals surface area contributed by atoms with Crippen molar-refractivity contribution in [3.8, 4) is 28.4 Å². The van der Waals surface area contributed by atoms with Crippen molar-refractivity contribution in [3.63, 3.8) is 0 Å². The van der Waals surface area contributed by atoms with Crippen LogP contribution in [0.15, 0.2) is 30.3 Å². The molecule has 0 atom stereocenters. The first kappa shape index (κ1) is 21.7.